The second-order valence-electron chi connectivity index (χ2n) is 8.95. The van der Waals surface area contributed by atoms with Crippen molar-refractivity contribution in [2.24, 2.45) is 0 Å². The Morgan fingerprint density at radius 3 is 2.65 bits per heavy atom. The fourth-order valence-corrected chi connectivity index (χ4v) is 4.58. The van der Waals surface area contributed by atoms with Crippen molar-refractivity contribution in [2.45, 2.75) is 32.9 Å². The van der Waals surface area contributed by atoms with E-state index in [-0.39, 0.29) is 18.1 Å². The van der Waals surface area contributed by atoms with Gasteiger partial charge in [-0.2, -0.15) is 5.10 Å². The Kier molecular flexibility index (Phi) is 6.11. The van der Waals surface area contributed by atoms with Gasteiger partial charge in [-0.1, -0.05) is 48.0 Å². The lowest BCUT2D eigenvalue weighted by atomic mass is 10.0. The predicted molar refractivity (Wildman–Crippen MR) is 134 cm³/mol. The van der Waals surface area contributed by atoms with Gasteiger partial charge in [0.25, 0.3) is 5.91 Å². The molecule has 2 aromatic heterocycles. The van der Waals surface area contributed by atoms with Crippen molar-refractivity contribution in [1.82, 2.24) is 19.7 Å². The number of fused-ring (bicyclic) bond motifs is 1. The largest absolute Gasteiger partial charge is 0.370 e. The molecule has 1 aliphatic rings. The number of nitrogens with zero attached hydrogens (tertiary/aromatic N) is 4. The summed E-state index contributed by atoms with van der Waals surface area (Å²) in [7, 11) is 0. The minimum atomic E-state index is -0.193. The van der Waals surface area contributed by atoms with E-state index in [1.807, 2.05) is 58.1 Å². The highest BCUT2D eigenvalue weighted by Gasteiger charge is 2.28. The monoisotopic (exact) mass is 474 g/mol. The Balaban J connectivity index is 1.56. The zero-order valence-corrected chi connectivity index (χ0v) is 20.3. The minimum Gasteiger partial charge on any atom is -0.370 e. The summed E-state index contributed by atoms with van der Waals surface area (Å²) in [6.45, 7) is 7.67. The normalized spacial score (nSPS) is 16.4. The first-order chi connectivity index (χ1) is 16.4. The van der Waals surface area contributed by atoms with E-state index < -0.39 is 0 Å². The number of halogens is 1. The molecule has 1 saturated heterocycles. The summed E-state index contributed by atoms with van der Waals surface area (Å²) in [6, 6.07) is 17.7. The molecule has 6 nitrogen and oxygen atoms in total. The highest BCUT2D eigenvalue weighted by Crippen LogP contribution is 2.30. The van der Waals surface area contributed by atoms with E-state index in [1.165, 1.54) is 0 Å². The second kappa shape index (κ2) is 9.20. The molecule has 1 amide bonds. The van der Waals surface area contributed by atoms with Gasteiger partial charge in [-0.15, -0.1) is 0 Å². The Hall–Kier alpha value is -3.22. The van der Waals surface area contributed by atoms with Crippen molar-refractivity contribution in [3.8, 4) is 11.3 Å². The number of aryl methyl sites for hydroxylation is 1. The van der Waals surface area contributed by atoms with E-state index in [1.54, 1.807) is 6.20 Å². The standard InChI is InChI=1S/C27H27ClN4O2/c1-17(2)32-26-23(15-29-32)22(14-24(30-26)21-7-5-4-6-18(21)3)27(33)31-12-13-34-25(16-31)19-8-10-20(28)11-9-19/h4-11,14-15,17,25H,12-13,16H2,1-3H3. The molecule has 34 heavy (non-hydrogen) atoms. The third-order valence-corrected chi connectivity index (χ3v) is 6.55. The number of amides is 1. The number of aromatic nitrogens is 3. The molecule has 1 atom stereocenters. The van der Waals surface area contributed by atoms with E-state index in [9.17, 15) is 4.79 Å². The van der Waals surface area contributed by atoms with Gasteiger partial charge in [0.05, 0.1) is 36.0 Å². The molecule has 0 aliphatic carbocycles. The predicted octanol–water partition coefficient (Wildman–Crippen LogP) is 5.85. The van der Waals surface area contributed by atoms with Gasteiger partial charge < -0.3 is 9.64 Å². The van der Waals surface area contributed by atoms with Crippen LogP contribution in [0.5, 0.6) is 0 Å². The minimum absolute atomic E-state index is 0.0344. The molecule has 2 aromatic carbocycles. The van der Waals surface area contributed by atoms with Crippen LogP contribution in [0, 0.1) is 6.92 Å². The average molecular weight is 475 g/mol. The van der Waals surface area contributed by atoms with Crippen LogP contribution < -0.4 is 0 Å². The summed E-state index contributed by atoms with van der Waals surface area (Å²) in [5, 5.41) is 6.00. The lowest BCUT2D eigenvalue weighted by Crippen LogP contribution is -2.42. The van der Waals surface area contributed by atoms with E-state index >= 15 is 0 Å². The van der Waals surface area contributed by atoms with Crippen molar-refractivity contribution >= 4 is 28.5 Å². The molecular weight excluding hydrogens is 448 g/mol. The summed E-state index contributed by atoms with van der Waals surface area (Å²) in [5.41, 5.74) is 5.25. The van der Waals surface area contributed by atoms with Crippen molar-refractivity contribution < 1.29 is 9.53 Å². The zero-order valence-electron chi connectivity index (χ0n) is 19.5. The highest BCUT2D eigenvalue weighted by molar-refractivity contribution is 6.30. The van der Waals surface area contributed by atoms with Gasteiger partial charge in [0.15, 0.2) is 5.65 Å². The van der Waals surface area contributed by atoms with Crippen LogP contribution in [0.2, 0.25) is 5.02 Å². The molecule has 1 aliphatic heterocycles. The van der Waals surface area contributed by atoms with Crippen molar-refractivity contribution in [3.63, 3.8) is 0 Å². The molecule has 1 fully saturated rings. The highest BCUT2D eigenvalue weighted by atomic mass is 35.5. The number of benzene rings is 2. The van der Waals surface area contributed by atoms with Gasteiger partial charge in [0.1, 0.15) is 6.10 Å². The zero-order chi connectivity index (χ0) is 23.8. The first-order valence-electron chi connectivity index (χ1n) is 11.5. The van der Waals surface area contributed by atoms with Gasteiger partial charge in [-0.05, 0) is 50.1 Å². The van der Waals surface area contributed by atoms with Crippen molar-refractivity contribution in [1.29, 1.82) is 0 Å². The second-order valence-corrected chi connectivity index (χ2v) is 9.39. The molecule has 3 heterocycles. The lowest BCUT2D eigenvalue weighted by molar-refractivity contribution is -0.0227. The van der Waals surface area contributed by atoms with Gasteiger partial charge >= 0.3 is 0 Å². The van der Waals surface area contributed by atoms with Crippen molar-refractivity contribution in [2.75, 3.05) is 19.7 Å². The summed E-state index contributed by atoms with van der Waals surface area (Å²) in [6.07, 6.45) is 1.57. The third kappa shape index (κ3) is 4.19. The van der Waals surface area contributed by atoms with Gasteiger partial charge in [0, 0.05) is 23.2 Å². The summed E-state index contributed by atoms with van der Waals surface area (Å²) in [5.74, 6) is -0.0344. The van der Waals surface area contributed by atoms with E-state index in [4.69, 9.17) is 21.3 Å². The topological polar surface area (TPSA) is 60.3 Å². The number of rotatable bonds is 4. The maximum absolute atomic E-state index is 13.9. The molecule has 0 bridgehead atoms. The van der Waals surface area contributed by atoms with Crippen LogP contribution >= 0.6 is 11.6 Å². The van der Waals surface area contributed by atoms with Crippen LogP contribution in [0.4, 0.5) is 0 Å². The molecule has 4 aromatic rings. The maximum Gasteiger partial charge on any atom is 0.254 e. The molecular formula is C27H27ClN4O2. The van der Waals surface area contributed by atoms with E-state index in [2.05, 4.69) is 31.9 Å². The summed E-state index contributed by atoms with van der Waals surface area (Å²) < 4.78 is 7.86. The summed E-state index contributed by atoms with van der Waals surface area (Å²) >= 11 is 6.05. The van der Waals surface area contributed by atoms with Crippen LogP contribution in [-0.4, -0.2) is 45.3 Å². The maximum atomic E-state index is 13.9. The number of carbonyl (C=O) groups is 1. The Morgan fingerprint density at radius 2 is 1.91 bits per heavy atom. The first kappa shape index (κ1) is 22.6. The van der Waals surface area contributed by atoms with Gasteiger partial charge in [-0.3, -0.25) is 4.79 Å². The third-order valence-electron chi connectivity index (χ3n) is 6.30. The average Bonchev–Trinajstić information content (AvgIpc) is 3.28. The molecule has 0 N–H and O–H groups in total. The molecule has 174 valence electrons. The number of morpholine rings is 1. The van der Waals surface area contributed by atoms with Crippen LogP contribution in [0.15, 0.2) is 60.8 Å². The van der Waals surface area contributed by atoms with Crippen LogP contribution in [0.25, 0.3) is 22.3 Å². The van der Waals surface area contributed by atoms with Crippen molar-refractivity contribution in [3.05, 3.63) is 82.5 Å². The Labute approximate surface area is 204 Å². The quantitative estimate of drug-likeness (QED) is 0.372. The number of ether oxygens (including phenoxy) is 1. The fourth-order valence-electron chi connectivity index (χ4n) is 4.45. The molecule has 0 radical (unpaired) electrons. The molecule has 1 unspecified atom stereocenters. The molecule has 0 spiro atoms. The summed E-state index contributed by atoms with van der Waals surface area (Å²) in [4.78, 5) is 20.7. The SMILES string of the molecule is Cc1ccccc1-c1cc(C(=O)N2CCOC(c3ccc(Cl)cc3)C2)c2cnn(C(C)C)c2n1. The Bertz CT molecular complexity index is 1350. The molecule has 7 heteroatoms. The Morgan fingerprint density at radius 1 is 1.15 bits per heavy atom. The lowest BCUT2D eigenvalue weighted by Gasteiger charge is -2.33. The van der Waals surface area contributed by atoms with E-state index in [0.29, 0.717) is 30.3 Å². The van der Waals surface area contributed by atoms with Crippen LogP contribution in [0.3, 0.4) is 0 Å². The first-order valence-corrected chi connectivity index (χ1v) is 11.9. The van der Waals surface area contributed by atoms with E-state index in [0.717, 1.165) is 33.4 Å². The van der Waals surface area contributed by atoms with Gasteiger partial charge in [0.2, 0.25) is 0 Å². The number of carbonyl (C=O) groups excluding carboxylic acids is 1. The van der Waals surface area contributed by atoms with Gasteiger partial charge in [-0.25, -0.2) is 9.67 Å². The van der Waals surface area contributed by atoms with Crippen LogP contribution in [-0.2, 0) is 4.74 Å². The van der Waals surface area contributed by atoms with Crippen LogP contribution in [0.1, 0.15) is 47.5 Å². The smallest absolute Gasteiger partial charge is 0.254 e. The number of pyridine rings is 1. The molecule has 0 saturated carbocycles. The number of hydrogen-bond acceptors (Lipinski definition) is 4. The fraction of sp³-hybridized carbons (Fsp3) is 0.296. The molecule has 5 rings (SSSR count). The number of hydrogen-bond donors (Lipinski definition) is 0.